The largest absolute Gasteiger partial charge is 0.462 e. The fourth-order valence-corrected chi connectivity index (χ4v) is 11.2. The molecular weight excluding hydrogens is 985 g/mol. The first-order valence-electron chi connectivity index (χ1n) is 36.3. The van der Waals surface area contributed by atoms with Gasteiger partial charge in [0.25, 0.3) is 0 Å². The van der Waals surface area contributed by atoms with Gasteiger partial charge in [0.2, 0.25) is 0 Å². The molecule has 6 nitrogen and oxygen atoms in total. The van der Waals surface area contributed by atoms with Crippen molar-refractivity contribution in [1.29, 1.82) is 0 Å². The van der Waals surface area contributed by atoms with E-state index in [2.05, 4.69) is 45.1 Å². The second kappa shape index (κ2) is 69.4. The van der Waals surface area contributed by atoms with Crippen molar-refractivity contribution in [1.82, 2.24) is 0 Å². The lowest BCUT2D eigenvalue weighted by atomic mass is 10.0. The van der Waals surface area contributed by atoms with Crippen molar-refractivity contribution < 1.29 is 28.6 Å². The molecule has 0 aliphatic carbocycles. The van der Waals surface area contributed by atoms with E-state index >= 15 is 0 Å². The lowest BCUT2D eigenvalue weighted by Gasteiger charge is -2.18. The maximum absolute atomic E-state index is 12.9. The Morgan fingerprint density at radius 2 is 0.450 bits per heavy atom. The van der Waals surface area contributed by atoms with Gasteiger partial charge in [-0.2, -0.15) is 0 Å². The van der Waals surface area contributed by atoms with Crippen LogP contribution in [0.5, 0.6) is 0 Å². The van der Waals surface area contributed by atoms with Gasteiger partial charge in [-0.15, -0.1) is 0 Å². The molecule has 1 unspecified atom stereocenters. The molecule has 0 amide bonds. The molecule has 0 aromatic heterocycles. The van der Waals surface area contributed by atoms with Gasteiger partial charge in [-0.25, -0.2) is 0 Å². The Bertz CT molecular complexity index is 1290. The summed E-state index contributed by atoms with van der Waals surface area (Å²) in [5, 5.41) is 0. The van der Waals surface area contributed by atoms with Gasteiger partial charge < -0.3 is 14.2 Å². The van der Waals surface area contributed by atoms with Gasteiger partial charge in [0.15, 0.2) is 6.10 Å². The number of carbonyl (C=O) groups is 3. The Balaban J connectivity index is 3.95. The van der Waals surface area contributed by atoms with Crippen molar-refractivity contribution in [2.24, 2.45) is 0 Å². The van der Waals surface area contributed by atoms with Crippen molar-refractivity contribution in [3.8, 4) is 0 Å². The van der Waals surface area contributed by atoms with Crippen molar-refractivity contribution in [2.45, 2.75) is 419 Å². The monoisotopic (exact) mass is 1130 g/mol. The molecule has 0 radical (unpaired) electrons. The third-order valence-corrected chi connectivity index (χ3v) is 16.7. The highest BCUT2D eigenvalue weighted by molar-refractivity contribution is 5.71. The minimum absolute atomic E-state index is 0.0631. The van der Waals surface area contributed by atoms with Crippen LogP contribution in [0.1, 0.15) is 412 Å². The van der Waals surface area contributed by atoms with Crippen LogP contribution in [0.2, 0.25) is 0 Å². The van der Waals surface area contributed by atoms with Crippen LogP contribution in [-0.2, 0) is 28.6 Å². The lowest BCUT2D eigenvalue weighted by Crippen LogP contribution is -2.30. The fraction of sp³-hybridized carbons (Fsp3) is 0.905. The van der Waals surface area contributed by atoms with Crippen LogP contribution in [0.15, 0.2) is 24.3 Å². The van der Waals surface area contributed by atoms with Gasteiger partial charge in [0.05, 0.1) is 0 Å². The smallest absolute Gasteiger partial charge is 0.306 e. The number of hydrogen-bond donors (Lipinski definition) is 0. The highest BCUT2D eigenvalue weighted by atomic mass is 16.6. The normalized spacial score (nSPS) is 12.1. The van der Waals surface area contributed by atoms with E-state index < -0.39 is 6.10 Å². The number of unbranched alkanes of at least 4 members (excludes halogenated alkanes) is 53. The van der Waals surface area contributed by atoms with Crippen LogP contribution >= 0.6 is 0 Å². The van der Waals surface area contributed by atoms with Gasteiger partial charge in [-0.1, -0.05) is 366 Å². The summed E-state index contributed by atoms with van der Waals surface area (Å²) in [4.78, 5) is 38.2. The lowest BCUT2D eigenvalue weighted by molar-refractivity contribution is -0.167. The molecule has 0 saturated heterocycles. The molecule has 0 fully saturated rings. The van der Waals surface area contributed by atoms with Crippen LogP contribution in [0, 0.1) is 0 Å². The van der Waals surface area contributed by atoms with Crippen LogP contribution in [-0.4, -0.2) is 37.2 Å². The van der Waals surface area contributed by atoms with Gasteiger partial charge in [-0.3, -0.25) is 14.4 Å². The van der Waals surface area contributed by atoms with E-state index in [1.54, 1.807) is 0 Å². The third kappa shape index (κ3) is 66.7. The molecule has 0 N–H and O–H groups in total. The van der Waals surface area contributed by atoms with Crippen LogP contribution in [0.3, 0.4) is 0 Å². The summed E-state index contributed by atoms with van der Waals surface area (Å²) in [6, 6.07) is 0. The standard InChI is InChI=1S/C74H140O6/c1-4-7-10-13-16-19-21-23-25-27-29-30-31-32-33-34-35-36-37-38-39-40-41-42-43-44-46-47-49-51-53-55-58-61-64-67-73(76)79-70-71(69-78-72(75)66-63-60-57-18-15-12-9-6-3)80-74(77)68-65-62-59-56-54-52-50-48-45-28-26-24-22-20-17-14-11-8-5-2/h21,23,27,29,71H,4-20,22,24-26,28,30-70H2,1-3H3/b23-21-,29-27-. The first kappa shape index (κ1) is 77.9. The summed E-state index contributed by atoms with van der Waals surface area (Å²) in [5.74, 6) is -0.836. The van der Waals surface area contributed by atoms with Gasteiger partial charge >= 0.3 is 17.9 Å². The molecule has 472 valence electrons. The Morgan fingerprint density at radius 3 is 0.688 bits per heavy atom. The Hall–Kier alpha value is -2.11. The molecule has 0 heterocycles. The highest BCUT2D eigenvalue weighted by Gasteiger charge is 2.19. The predicted octanol–water partition coefficient (Wildman–Crippen LogP) is 25.0. The first-order chi connectivity index (χ1) is 39.5. The average molecular weight is 1130 g/mol. The molecule has 0 rings (SSSR count). The number of ether oxygens (including phenoxy) is 3. The Morgan fingerprint density at radius 1 is 0.250 bits per heavy atom. The van der Waals surface area contributed by atoms with Crippen molar-refractivity contribution in [2.75, 3.05) is 13.2 Å². The van der Waals surface area contributed by atoms with Gasteiger partial charge in [0, 0.05) is 19.3 Å². The molecule has 6 heteroatoms. The Labute approximate surface area is 500 Å². The third-order valence-electron chi connectivity index (χ3n) is 16.7. The van der Waals surface area contributed by atoms with E-state index in [1.165, 1.54) is 308 Å². The van der Waals surface area contributed by atoms with Crippen LogP contribution < -0.4 is 0 Å². The molecule has 0 aromatic carbocycles. The zero-order chi connectivity index (χ0) is 57.8. The first-order valence-corrected chi connectivity index (χ1v) is 36.3. The second-order valence-electron chi connectivity index (χ2n) is 24.9. The summed E-state index contributed by atoms with van der Waals surface area (Å²) in [7, 11) is 0. The molecule has 0 aliphatic rings. The predicted molar refractivity (Wildman–Crippen MR) is 349 cm³/mol. The summed E-state index contributed by atoms with van der Waals surface area (Å²) in [6.07, 6.45) is 85.4. The summed E-state index contributed by atoms with van der Waals surface area (Å²) in [5.41, 5.74) is 0. The highest BCUT2D eigenvalue weighted by Crippen LogP contribution is 2.19. The Kier molecular flexibility index (Phi) is 67.6. The van der Waals surface area contributed by atoms with Gasteiger partial charge in [0.1, 0.15) is 13.2 Å². The van der Waals surface area contributed by atoms with E-state index in [1.807, 2.05) is 0 Å². The molecule has 80 heavy (non-hydrogen) atoms. The van der Waals surface area contributed by atoms with E-state index in [4.69, 9.17) is 14.2 Å². The summed E-state index contributed by atoms with van der Waals surface area (Å²) in [6.45, 7) is 6.68. The summed E-state index contributed by atoms with van der Waals surface area (Å²) >= 11 is 0. The van der Waals surface area contributed by atoms with E-state index in [-0.39, 0.29) is 31.1 Å². The zero-order valence-electron chi connectivity index (χ0n) is 54.4. The van der Waals surface area contributed by atoms with E-state index in [9.17, 15) is 14.4 Å². The molecule has 0 spiro atoms. The van der Waals surface area contributed by atoms with Crippen LogP contribution in [0.4, 0.5) is 0 Å². The minimum atomic E-state index is -0.764. The van der Waals surface area contributed by atoms with Crippen molar-refractivity contribution >= 4 is 17.9 Å². The minimum Gasteiger partial charge on any atom is -0.462 e. The molecule has 1 atom stereocenters. The molecule has 0 saturated carbocycles. The van der Waals surface area contributed by atoms with Crippen molar-refractivity contribution in [3.63, 3.8) is 0 Å². The second-order valence-corrected chi connectivity index (χ2v) is 24.9. The average Bonchev–Trinajstić information content (AvgIpc) is 3.46. The molecule has 0 aromatic rings. The summed E-state index contributed by atoms with van der Waals surface area (Å²) < 4.78 is 16.9. The molecule has 0 bridgehead atoms. The zero-order valence-corrected chi connectivity index (χ0v) is 54.4. The number of esters is 3. The maximum atomic E-state index is 12.9. The SMILES string of the molecule is CCCCCCC/C=C\C/C=C\CCCCCCCCCCCCCCCCCCCCCCCCCC(=O)OCC(COC(=O)CCCCCCCCCC)OC(=O)CCCCCCCCCCCCCCCCCCCCC. The van der Waals surface area contributed by atoms with E-state index in [0.717, 1.165) is 64.2 Å². The van der Waals surface area contributed by atoms with Crippen molar-refractivity contribution in [3.05, 3.63) is 24.3 Å². The van der Waals surface area contributed by atoms with E-state index in [0.29, 0.717) is 19.3 Å². The number of rotatable bonds is 68. The number of allylic oxidation sites excluding steroid dienone is 4. The molecular formula is C74H140O6. The van der Waals surface area contributed by atoms with Crippen LogP contribution in [0.25, 0.3) is 0 Å². The maximum Gasteiger partial charge on any atom is 0.306 e. The number of carbonyl (C=O) groups excluding carboxylic acids is 3. The fourth-order valence-electron chi connectivity index (χ4n) is 11.2. The van der Waals surface area contributed by atoms with Gasteiger partial charge in [-0.05, 0) is 51.4 Å². The topological polar surface area (TPSA) is 78.9 Å². The quantitative estimate of drug-likeness (QED) is 0.0261. The number of hydrogen-bond acceptors (Lipinski definition) is 6. The molecule has 0 aliphatic heterocycles.